The normalized spacial score (nSPS) is 15.5. The van der Waals surface area contributed by atoms with Crippen molar-refractivity contribution in [3.8, 4) is 0 Å². The topological polar surface area (TPSA) is 120 Å². The molecule has 4 rings (SSSR count). The van der Waals surface area contributed by atoms with Crippen molar-refractivity contribution >= 4 is 32.8 Å². The van der Waals surface area contributed by atoms with E-state index in [1.165, 1.54) is 6.07 Å². The van der Waals surface area contributed by atoms with Gasteiger partial charge in [0.15, 0.2) is 5.95 Å². The first-order chi connectivity index (χ1) is 16.0. The minimum atomic E-state index is -3.97. The molecule has 0 aliphatic carbocycles. The van der Waals surface area contributed by atoms with Crippen LogP contribution in [0.2, 0.25) is 0 Å². The second-order valence-corrected chi connectivity index (χ2v) is 10.0. The lowest BCUT2D eigenvalue weighted by Gasteiger charge is -2.30. The third kappa shape index (κ3) is 5.51. The van der Waals surface area contributed by atoms with Gasteiger partial charge in [-0.25, -0.2) is 13.4 Å². The molecule has 0 spiro atoms. The highest BCUT2D eigenvalue weighted by Crippen LogP contribution is 2.24. The number of anilines is 1. The van der Waals surface area contributed by atoms with Crippen LogP contribution in [0.5, 0.6) is 0 Å². The molecule has 1 fully saturated rings. The van der Waals surface area contributed by atoms with E-state index in [2.05, 4.69) is 25.0 Å². The molecule has 0 saturated carbocycles. The SMILES string of the molecule is Cc1ccnc2c(S(=O)(=O)N[C@@H](CCCNc3ncc[nH]3)C(=O)N3CCCCC3)cccc12. The maximum atomic E-state index is 13.4. The van der Waals surface area contributed by atoms with Gasteiger partial charge in [-0.05, 0) is 56.7 Å². The van der Waals surface area contributed by atoms with Crippen LogP contribution >= 0.6 is 0 Å². The van der Waals surface area contributed by atoms with Crippen LogP contribution in [0.25, 0.3) is 10.9 Å². The summed E-state index contributed by atoms with van der Waals surface area (Å²) in [7, 11) is -3.97. The molecule has 1 aromatic carbocycles. The maximum Gasteiger partial charge on any atom is 0.243 e. The highest BCUT2D eigenvalue weighted by atomic mass is 32.2. The Labute approximate surface area is 194 Å². The second kappa shape index (κ2) is 10.3. The van der Waals surface area contributed by atoms with Gasteiger partial charge in [0, 0.05) is 43.6 Å². The largest absolute Gasteiger partial charge is 0.356 e. The Balaban J connectivity index is 1.54. The van der Waals surface area contributed by atoms with E-state index in [1.54, 1.807) is 29.6 Å². The Morgan fingerprint density at radius 3 is 2.73 bits per heavy atom. The summed E-state index contributed by atoms with van der Waals surface area (Å²) in [6.45, 7) is 3.81. The predicted octanol–water partition coefficient (Wildman–Crippen LogP) is 2.82. The number of hydrogen-bond acceptors (Lipinski definition) is 6. The molecule has 1 atom stereocenters. The zero-order valence-electron chi connectivity index (χ0n) is 18.8. The Kier molecular flexibility index (Phi) is 7.24. The fourth-order valence-electron chi connectivity index (χ4n) is 4.20. The molecule has 9 nitrogen and oxygen atoms in total. The van der Waals surface area contributed by atoms with Crippen LogP contribution in [-0.2, 0) is 14.8 Å². The van der Waals surface area contributed by atoms with E-state index in [0.717, 1.165) is 30.2 Å². The first kappa shape index (κ1) is 23.2. The van der Waals surface area contributed by atoms with Gasteiger partial charge in [-0.2, -0.15) is 4.72 Å². The molecular weight excluding hydrogens is 440 g/mol. The van der Waals surface area contributed by atoms with E-state index in [9.17, 15) is 13.2 Å². The maximum absolute atomic E-state index is 13.4. The highest BCUT2D eigenvalue weighted by molar-refractivity contribution is 7.89. The zero-order valence-corrected chi connectivity index (χ0v) is 19.6. The van der Waals surface area contributed by atoms with Crippen molar-refractivity contribution in [3.05, 3.63) is 48.4 Å². The number of fused-ring (bicyclic) bond motifs is 1. The standard InChI is InChI=1S/C23H30N6O3S/c1-17-10-12-24-21-18(17)7-5-9-20(21)33(31,32)28-19(22(30)29-15-3-2-4-16-29)8-6-11-25-23-26-13-14-27-23/h5,7,9-10,12-14,19,28H,2-4,6,8,11,15-16H2,1H3,(H2,25,26,27)/t19-/m0/s1. The van der Waals surface area contributed by atoms with E-state index >= 15 is 0 Å². The molecule has 0 bridgehead atoms. The number of H-pyrrole nitrogens is 1. The van der Waals surface area contributed by atoms with Crippen LogP contribution in [-0.4, -0.2) is 59.9 Å². The van der Waals surface area contributed by atoms with Gasteiger partial charge in [-0.3, -0.25) is 9.78 Å². The van der Waals surface area contributed by atoms with Crippen LogP contribution in [0, 0.1) is 6.92 Å². The van der Waals surface area contributed by atoms with E-state index in [1.807, 2.05) is 19.1 Å². The average Bonchev–Trinajstić information content (AvgIpc) is 3.34. The van der Waals surface area contributed by atoms with Gasteiger partial charge in [-0.1, -0.05) is 12.1 Å². The summed E-state index contributed by atoms with van der Waals surface area (Å²) in [5.41, 5.74) is 1.36. The molecule has 1 amide bonds. The number of carbonyl (C=O) groups excluding carboxylic acids is 1. The number of pyridine rings is 1. The van der Waals surface area contributed by atoms with Gasteiger partial charge in [0.1, 0.15) is 10.9 Å². The molecule has 1 aliphatic rings. The van der Waals surface area contributed by atoms with Gasteiger partial charge in [0.05, 0.1) is 5.52 Å². The van der Waals surface area contributed by atoms with E-state index in [4.69, 9.17) is 0 Å². The van der Waals surface area contributed by atoms with E-state index in [-0.39, 0.29) is 10.8 Å². The molecular formula is C23H30N6O3S. The summed E-state index contributed by atoms with van der Waals surface area (Å²) in [4.78, 5) is 26.6. The van der Waals surface area contributed by atoms with E-state index in [0.29, 0.717) is 43.9 Å². The number of carbonyl (C=O) groups is 1. The molecule has 2 aromatic heterocycles. The fraction of sp³-hybridized carbons (Fsp3) is 0.435. The van der Waals surface area contributed by atoms with Crippen LogP contribution in [0.15, 0.2) is 47.8 Å². The lowest BCUT2D eigenvalue weighted by Crippen LogP contribution is -2.50. The van der Waals surface area contributed by atoms with Crippen molar-refractivity contribution in [2.75, 3.05) is 25.0 Å². The Morgan fingerprint density at radius 1 is 1.15 bits per heavy atom. The smallest absolute Gasteiger partial charge is 0.243 e. The van der Waals surface area contributed by atoms with Gasteiger partial charge in [0.2, 0.25) is 15.9 Å². The number of aryl methyl sites for hydroxylation is 1. The summed E-state index contributed by atoms with van der Waals surface area (Å²) in [5, 5.41) is 3.92. The van der Waals surface area contributed by atoms with Crippen molar-refractivity contribution in [1.29, 1.82) is 0 Å². The summed E-state index contributed by atoms with van der Waals surface area (Å²) >= 11 is 0. The summed E-state index contributed by atoms with van der Waals surface area (Å²) in [6, 6.07) is 6.11. The number of imidazole rings is 1. The molecule has 176 valence electrons. The number of benzene rings is 1. The number of rotatable bonds is 9. The molecule has 0 radical (unpaired) electrons. The van der Waals surface area contributed by atoms with Crippen LogP contribution in [0.3, 0.4) is 0 Å². The fourth-order valence-corrected chi connectivity index (χ4v) is 5.59. The number of amides is 1. The van der Waals surface area contributed by atoms with Crippen molar-refractivity contribution in [2.45, 2.75) is 50.0 Å². The molecule has 33 heavy (non-hydrogen) atoms. The number of nitrogens with zero attached hydrogens (tertiary/aromatic N) is 3. The number of aromatic amines is 1. The van der Waals surface area contributed by atoms with Crippen LogP contribution in [0.1, 0.15) is 37.7 Å². The first-order valence-corrected chi connectivity index (χ1v) is 12.8. The molecule has 0 unspecified atom stereocenters. The molecule has 10 heteroatoms. The van der Waals surface area contributed by atoms with Gasteiger partial charge in [0.25, 0.3) is 0 Å². The number of para-hydroxylation sites is 1. The van der Waals surface area contributed by atoms with Gasteiger partial charge >= 0.3 is 0 Å². The first-order valence-electron chi connectivity index (χ1n) is 11.3. The molecule has 1 aliphatic heterocycles. The Morgan fingerprint density at radius 2 is 1.97 bits per heavy atom. The van der Waals surface area contributed by atoms with Crippen LogP contribution in [0.4, 0.5) is 5.95 Å². The number of nitrogens with one attached hydrogen (secondary N) is 3. The number of aromatic nitrogens is 3. The third-order valence-corrected chi connectivity index (χ3v) is 7.47. The van der Waals surface area contributed by atoms with Crippen molar-refractivity contribution < 1.29 is 13.2 Å². The highest BCUT2D eigenvalue weighted by Gasteiger charge is 2.30. The monoisotopic (exact) mass is 470 g/mol. The molecule has 3 aromatic rings. The zero-order chi connectivity index (χ0) is 23.3. The predicted molar refractivity (Wildman–Crippen MR) is 127 cm³/mol. The lowest BCUT2D eigenvalue weighted by atomic mass is 10.1. The molecule has 3 N–H and O–H groups in total. The van der Waals surface area contributed by atoms with Crippen molar-refractivity contribution in [1.82, 2.24) is 24.6 Å². The summed E-state index contributed by atoms with van der Waals surface area (Å²) in [5.74, 6) is 0.479. The van der Waals surface area contributed by atoms with Gasteiger partial charge < -0.3 is 15.2 Å². The third-order valence-electron chi connectivity index (χ3n) is 5.97. The van der Waals surface area contributed by atoms with E-state index < -0.39 is 16.1 Å². The number of likely N-dealkylation sites (tertiary alicyclic amines) is 1. The number of piperidine rings is 1. The summed E-state index contributed by atoms with van der Waals surface area (Å²) < 4.78 is 29.5. The Hall–Kier alpha value is -2.98. The second-order valence-electron chi connectivity index (χ2n) is 8.35. The van der Waals surface area contributed by atoms with Gasteiger partial charge in [-0.15, -0.1) is 0 Å². The van der Waals surface area contributed by atoms with Crippen LogP contribution < -0.4 is 10.0 Å². The lowest BCUT2D eigenvalue weighted by molar-refractivity contribution is -0.134. The van der Waals surface area contributed by atoms with Crippen molar-refractivity contribution in [2.24, 2.45) is 0 Å². The Bertz CT molecular complexity index is 1190. The molecule has 3 heterocycles. The quantitative estimate of drug-likeness (QED) is 0.414. The minimum absolute atomic E-state index is 0.0915. The number of hydrogen-bond donors (Lipinski definition) is 3. The van der Waals surface area contributed by atoms with Crippen molar-refractivity contribution in [3.63, 3.8) is 0 Å². The minimum Gasteiger partial charge on any atom is -0.356 e. The number of sulfonamides is 1. The molecule has 1 saturated heterocycles. The summed E-state index contributed by atoms with van der Waals surface area (Å²) in [6.07, 6.45) is 8.93. The average molecular weight is 471 g/mol.